The molecule has 0 bridgehead atoms. The Labute approximate surface area is 117 Å². The zero-order chi connectivity index (χ0) is 14.6. The first-order valence-electron chi connectivity index (χ1n) is 6.46. The third-order valence-corrected chi connectivity index (χ3v) is 3.72. The Morgan fingerprint density at radius 3 is 2.80 bits per heavy atom. The summed E-state index contributed by atoms with van der Waals surface area (Å²) in [5, 5.41) is 15.0. The van der Waals surface area contributed by atoms with E-state index in [-0.39, 0.29) is 11.7 Å². The van der Waals surface area contributed by atoms with E-state index in [4.69, 9.17) is 10.9 Å². The van der Waals surface area contributed by atoms with Gasteiger partial charge in [-0.15, -0.1) is 0 Å². The van der Waals surface area contributed by atoms with E-state index in [0.717, 1.165) is 13.1 Å². The van der Waals surface area contributed by atoms with Crippen LogP contribution in [0.25, 0.3) is 0 Å². The summed E-state index contributed by atoms with van der Waals surface area (Å²) in [6.45, 7) is 1.53. The SMILES string of the molecule is CN1CCC(NC(=O)c2cccnc2)(/C(N)=N/O)CC1. The van der Waals surface area contributed by atoms with Crippen LogP contribution in [-0.4, -0.2) is 52.5 Å². The number of hydrogen-bond acceptors (Lipinski definition) is 5. The Morgan fingerprint density at radius 1 is 1.55 bits per heavy atom. The van der Waals surface area contributed by atoms with Crippen molar-refractivity contribution in [2.45, 2.75) is 18.4 Å². The molecular weight excluding hydrogens is 258 g/mol. The van der Waals surface area contributed by atoms with Crippen LogP contribution in [0.1, 0.15) is 23.2 Å². The number of amidine groups is 1. The van der Waals surface area contributed by atoms with E-state index < -0.39 is 5.54 Å². The highest BCUT2D eigenvalue weighted by Gasteiger charge is 2.39. The maximum absolute atomic E-state index is 12.3. The van der Waals surface area contributed by atoms with Crippen molar-refractivity contribution < 1.29 is 10.0 Å². The molecule has 4 N–H and O–H groups in total. The lowest BCUT2D eigenvalue weighted by atomic mass is 9.86. The molecule has 0 spiro atoms. The molecule has 0 radical (unpaired) electrons. The number of piperidine rings is 1. The fraction of sp³-hybridized carbons (Fsp3) is 0.462. The zero-order valence-electron chi connectivity index (χ0n) is 11.4. The number of carbonyl (C=O) groups is 1. The van der Waals surface area contributed by atoms with Crippen LogP contribution < -0.4 is 11.1 Å². The minimum atomic E-state index is -0.797. The maximum Gasteiger partial charge on any atom is 0.253 e. The Morgan fingerprint density at radius 2 is 2.25 bits per heavy atom. The highest BCUT2D eigenvalue weighted by molar-refractivity contribution is 6.00. The summed E-state index contributed by atoms with van der Waals surface area (Å²) in [6.07, 6.45) is 4.30. The van der Waals surface area contributed by atoms with Gasteiger partial charge in [0.1, 0.15) is 5.54 Å². The highest BCUT2D eigenvalue weighted by atomic mass is 16.4. The monoisotopic (exact) mass is 277 g/mol. The number of nitrogens with zero attached hydrogens (tertiary/aromatic N) is 3. The number of aromatic nitrogens is 1. The lowest BCUT2D eigenvalue weighted by Gasteiger charge is -2.40. The first-order valence-corrected chi connectivity index (χ1v) is 6.46. The Bertz CT molecular complexity index is 495. The van der Waals surface area contributed by atoms with E-state index in [1.807, 2.05) is 7.05 Å². The van der Waals surface area contributed by atoms with Crippen molar-refractivity contribution in [1.82, 2.24) is 15.2 Å². The van der Waals surface area contributed by atoms with Gasteiger partial charge in [0.25, 0.3) is 5.91 Å². The van der Waals surface area contributed by atoms with Crippen molar-refractivity contribution in [3.8, 4) is 0 Å². The molecule has 0 aromatic carbocycles. The largest absolute Gasteiger partial charge is 0.409 e. The van der Waals surface area contributed by atoms with E-state index in [1.165, 1.54) is 6.20 Å². The van der Waals surface area contributed by atoms with E-state index in [9.17, 15) is 4.79 Å². The van der Waals surface area contributed by atoms with Gasteiger partial charge < -0.3 is 21.2 Å². The standard InChI is InChI=1S/C13H19N5O2/c1-18-7-4-13(5-8-18,12(14)17-20)16-11(19)10-3-2-6-15-9-10/h2-3,6,9,20H,4-5,7-8H2,1H3,(H2,14,17)(H,16,19). The van der Waals surface area contributed by atoms with Crippen molar-refractivity contribution in [2.75, 3.05) is 20.1 Å². The van der Waals surface area contributed by atoms with Crippen LogP contribution in [0, 0.1) is 0 Å². The quantitative estimate of drug-likeness (QED) is 0.313. The number of hydrogen-bond donors (Lipinski definition) is 3. The van der Waals surface area contributed by atoms with Crippen LogP contribution in [0.15, 0.2) is 29.7 Å². The molecule has 2 heterocycles. The minimum absolute atomic E-state index is 0.0443. The van der Waals surface area contributed by atoms with Crippen LogP contribution in [-0.2, 0) is 0 Å². The molecular formula is C13H19N5O2. The number of oxime groups is 1. The van der Waals surface area contributed by atoms with Crippen LogP contribution >= 0.6 is 0 Å². The average molecular weight is 277 g/mol. The summed E-state index contributed by atoms with van der Waals surface area (Å²) < 4.78 is 0. The fourth-order valence-electron chi connectivity index (χ4n) is 2.33. The smallest absolute Gasteiger partial charge is 0.253 e. The molecule has 1 aliphatic heterocycles. The predicted molar refractivity (Wildman–Crippen MR) is 74.6 cm³/mol. The van der Waals surface area contributed by atoms with Gasteiger partial charge >= 0.3 is 0 Å². The van der Waals surface area contributed by atoms with Gasteiger partial charge in [0.2, 0.25) is 0 Å². The summed E-state index contributed by atoms with van der Waals surface area (Å²) in [6, 6.07) is 3.37. The van der Waals surface area contributed by atoms with Crippen molar-refractivity contribution in [3.05, 3.63) is 30.1 Å². The van der Waals surface area contributed by atoms with Crippen molar-refractivity contribution in [1.29, 1.82) is 0 Å². The number of nitrogens with two attached hydrogens (primary N) is 1. The van der Waals surface area contributed by atoms with Gasteiger partial charge in [-0.05, 0) is 32.0 Å². The Balaban J connectivity index is 2.19. The second kappa shape index (κ2) is 5.87. The summed E-state index contributed by atoms with van der Waals surface area (Å²) in [5.74, 6) is -0.225. The molecule has 7 nitrogen and oxygen atoms in total. The van der Waals surface area contributed by atoms with E-state index in [0.29, 0.717) is 18.4 Å². The molecule has 0 saturated carbocycles. The molecule has 1 fully saturated rings. The summed E-state index contributed by atoms with van der Waals surface area (Å²) >= 11 is 0. The molecule has 1 saturated heterocycles. The maximum atomic E-state index is 12.3. The summed E-state index contributed by atoms with van der Waals surface area (Å²) in [4.78, 5) is 18.3. The molecule has 2 rings (SSSR count). The number of likely N-dealkylation sites (tertiary alicyclic amines) is 1. The first kappa shape index (κ1) is 14.3. The van der Waals surface area contributed by atoms with Gasteiger partial charge in [0.05, 0.1) is 5.56 Å². The molecule has 1 amide bonds. The van der Waals surface area contributed by atoms with Crippen molar-refractivity contribution in [3.63, 3.8) is 0 Å². The van der Waals surface area contributed by atoms with E-state index >= 15 is 0 Å². The highest BCUT2D eigenvalue weighted by Crippen LogP contribution is 2.22. The molecule has 1 aromatic heterocycles. The lowest BCUT2D eigenvalue weighted by Crippen LogP contribution is -2.62. The number of amides is 1. The Hall–Kier alpha value is -2.15. The van der Waals surface area contributed by atoms with Crippen molar-refractivity contribution >= 4 is 11.7 Å². The predicted octanol–water partition coefficient (Wildman–Crippen LogP) is 0.0222. The van der Waals surface area contributed by atoms with Gasteiger partial charge in [0.15, 0.2) is 5.84 Å². The van der Waals surface area contributed by atoms with Gasteiger partial charge in [-0.2, -0.15) is 0 Å². The van der Waals surface area contributed by atoms with E-state index in [2.05, 4.69) is 20.4 Å². The third-order valence-electron chi connectivity index (χ3n) is 3.72. The number of carbonyl (C=O) groups excluding carboxylic acids is 1. The number of rotatable bonds is 3. The van der Waals surface area contributed by atoms with Crippen molar-refractivity contribution in [2.24, 2.45) is 10.9 Å². The second-order valence-corrected chi connectivity index (χ2v) is 5.07. The summed E-state index contributed by atoms with van der Waals surface area (Å²) in [7, 11) is 2.00. The van der Waals surface area contributed by atoms with Gasteiger partial charge in [-0.3, -0.25) is 9.78 Å². The molecule has 0 unspecified atom stereocenters. The van der Waals surface area contributed by atoms with Gasteiger partial charge in [-0.25, -0.2) is 0 Å². The molecule has 0 atom stereocenters. The fourth-order valence-corrected chi connectivity index (χ4v) is 2.33. The average Bonchev–Trinajstić information content (AvgIpc) is 2.49. The number of pyridine rings is 1. The molecule has 1 aromatic rings. The Kier molecular flexibility index (Phi) is 4.19. The molecule has 108 valence electrons. The molecule has 20 heavy (non-hydrogen) atoms. The third kappa shape index (κ3) is 2.88. The number of nitrogens with one attached hydrogen (secondary N) is 1. The minimum Gasteiger partial charge on any atom is -0.409 e. The van der Waals surface area contributed by atoms with Crippen LogP contribution in [0.5, 0.6) is 0 Å². The topological polar surface area (TPSA) is 104 Å². The normalized spacial score (nSPS) is 19.6. The van der Waals surface area contributed by atoms with Crippen LogP contribution in [0.3, 0.4) is 0 Å². The summed E-state index contributed by atoms with van der Waals surface area (Å²) in [5.41, 5.74) is 5.46. The second-order valence-electron chi connectivity index (χ2n) is 5.07. The van der Waals surface area contributed by atoms with Crippen LogP contribution in [0.2, 0.25) is 0 Å². The van der Waals surface area contributed by atoms with Gasteiger partial charge in [0, 0.05) is 25.5 Å². The van der Waals surface area contributed by atoms with Gasteiger partial charge in [-0.1, -0.05) is 5.16 Å². The molecule has 0 aliphatic carbocycles. The first-order chi connectivity index (χ1) is 9.57. The molecule has 1 aliphatic rings. The van der Waals surface area contributed by atoms with E-state index in [1.54, 1.807) is 18.3 Å². The molecule has 7 heteroatoms. The van der Waals surface area contributed by atoms with Crippen LogP contribution in [0.4, 0.5) is 0 Å². The zero-order valence-corrected chi connectivity index (χ0v) is 11.4. The lowest BCUT2D eigenvalue weighted by molar-refractivity contribution is 0.0886.